The Hall–Kier alpha value is -1.62. The van der Waals surface area contributed by atoms with E-state index < -0.39 is 11.9 Å². The molecule has 0 atom stereocenters. The molecule has 0 heterocycles. The van der Waals surface area contributed by atoms with Gasteiger partial charge < -0.3 is 21.7 Å². The van der Waals surface area contributed by atoms with Crippen molar-refractivity contribution < 1.29 is 39.3 Å². The molecule has 0 aromatic heterocycles. The smallest absolute Gasteiger partial charge is 0.337 e. The Morgan fingerprint density at radius 1 is 0.933 bits per heavy atom. The zero-order valence-electron chi connectivity index (χ0n) is 7.73. The summed E-state index contributed by atoms with van der Waals surface area (Å²) in [6.45, 7) is 0. The fourth-order valence-electron chi connectivity index (χ4n) is 1.00. The van der Waals surface area contributed by atoms with Gasteiger partial charge in [-0.2, -0.15) is 0 Å². The molecule has 0 fully saturated rings. The van der Waals surface area contributed by atoms with Crippen LogP contribution in [-0.2, 0) is 19.5 Å². The van der Waals surface area contributed by atoms with Crippen LogP contribution in [-0.4, -0.2) is 22.2 Å². The largest absolute Gasteiger partial charge is 0.478 e. The number of carbonyl (C=O) groups is 2. The van der Waals surface area contributed by atoms with Gasteiger partial charge in [0.05, 0.1) is 11.1 Å². The fraction of sp³-hybridized carbons (Fsp3) is 0. The number of anilines is 2. The molecule has 0 radical (unpaired) electrons. The second-order valence-electron chi connectivity index (χ2n) is 2.64. The van der Waals surface area contributed by atoms with Crippen molar-refractivity contribution in [1.82, 2.24) is 0 Å². The molecule has 7 heteroatoms. The van der Waals surface area contributed by atoms with Crippen LogP contribution in [0.3, 0.4) is 0 Å². The third-order valence-corrected chi connectivity index (χ3v) is 1.68. The van der Waals surface area contributed by atoms with Gasteiger partial charge in [-0.15, -0.1) is 0 Å². The molecular weight excluding hydrogens is 253 g/mol. The molecule has 0 spiro atoms. The van der Waals surface area contributed by atoms with Crippen LogP contribution in [0.15, 0.2) is 12.1 Å². The Morgan fingerprint density at radius 3 is 1.40 bits per heavy atom. The van der Waals surface area contributed by atoms with Gasteiger partial charge in [-0.25, -0.2) is 9.59 Å². The number of carboxylic acids is 2. The summed E-state index contributed by atoms with van der Waals surface area (Å²) in [5.41, 5.74) is 10.0. The van der Waals surface area contributed by atoms with Gasteiger partial charge in [0, 0.05) is 30.9 Å². The van der Waals surface area contributed by atoms with Crippen LogP contribution in [0.2, 0.25) is 0 Å². The Kier molecular flexibility index (Phi) is 4.24. The number of rotatable bonds is 2. The first-order valence-electron chi connectivity index (χ1n) is 3.59. The molecule has 6 nitrogen and oxygen atoms in total. The average Bonchev–Trinajstić information content (AvgIpc) is 2.07. The van der Waals surface area contributed by atoms with E-state index in [-0.39, 0.29) is 42.0 Å². The summed E-state index contributed by atoms with van der Waals surface area (Å²) in [7, 11) is 0. The number of benzene rings is 1. The monoisotopic (exact) mass is 260 g/mol. The summed E-state index contributed by atoms with van der Waals surface area (Å²) in [6, 6.07) is 2.06. The summed E-state index contributed by atoms with van der Waals surface area (Å²) >= 11 is 0. The molecule has 0 aliphatic carbocycles. The predicted molar refractivity (Wildman–Crippen MR) is 49.2 cm³/mol. The number of hydrogen-bond acceptors (Lipinski definition) is 4. The van der Waals surface area contributed by atoms with E-state index in [0.717, 1.165) is 12.1 Å². The normalized spacial score (nSPS) is 9.07. The summed E-state index contributed by atoms with van der Waals surface area (Å²) in [5.74, 6) is -2.49. The summed E-state index contributed by atoms with van der Waals surface area (Å²) < 4.78 is 0. The van der Waals surface area contributed by atoms with Crippen molar-refractivity contribution in [2.45, 2.75) is 0 Å². The molecule has 1 aromatic carbocycles. The third-order valence-electron chi connectivity index (χ3n) is 1.68. The number of nitrogen functional groups attached to an aromatic ring is 2. The van der Waals surface area contributed by atoms with Crippen LogP contribution in [0.5, 0.6) is 0 Å². The average molecular weight is 262 g/mol. The number of carboxylic acid groups (broad SMARTS) is 2. The van der Waals surface area contributed by atoms with Gasteiger partial charge >= 0.3 is 11.9 Å². The Morgan fingerprint density at radius 2 is 1.20 bits per heavy atom. The Labute approximate surface area is 97.6 Å². The number of hydrogen-bond donors (Lipinski definition) is 4. The fourth-order valence-corrected chi connectivity index (χ4v) is 1.00. The number of nitrogens with two attached hydrogens (primary N) is 2. The van der Waals surface area contributed by atoms with Crippen LogP contribution < -0.4 is 11.5 Å². The van der Waals surface area contributed by atoms with Crippen molar-refractivity contribution in [1.29, 1.82) is 0 Å². The topological polar surface area (TPSA) is 127 Å². The van der Waals surface area contributed by atoms with Crippen LogP contribution in [0.4, 0.5) is 11.4 Å². The van der Waals surface area contributed by atoms with E-state index in [2.05, 4.69) is 0 Å². The van der Waals surface area contributed by atoms with E-state index in [1.807, 2.05) is 0 Å². The van der Waals surface area contributed by atoms with Crippen molar-refractivity contribution in [3.8, 4) is 0 Å². The molecule has 0 saturated heterocycles. The zero-order chi connectivity index (χ0) is 10.9. The molecule has 0 aliphatic heterocycles. The molecule has 0 unspecified atom stereocenters. The van der Waals surface area contributed by atoms with Crippen LogP contribution in [0.1, 0.15) is 20.7 Å². The zero-order valence-corrected chi connectivity index (χ0v) is 10.7. The van der Waals surface area contributed by atoms with Crippen molar-refractivity contribution >= 4 is 23.3 Å². The van der Waals surface area contributed by atoms with Gasteiger partial charge in [0.15, 0.2) is 0 Å². The van der Waals surface area contributed by atoms with E-state index in [0.29, 0.717) is 0 Å². The minimum absolute atomic E-state index is 0. The summed E-state index contributed by atoms with van der Waals surface area (Å²) in [5, 5.41) is 17.3. The van der Waals surface area contributed by atoms with E-state index in [4.69, 9.17) is 21.7 Å². The standard InChI is InChI=1S/C8H8N2O4.Zn/c9-5-1-3(7(11)12)6(10)2-4(5)8(13)14;/h1-2H,9-10H2,(H,11,12)(H,13,14);. The Balaban J connectivity index is 0.00000196. The first kappa shape index (κ1) is 13.4. The minimum Gasteiger partial charge on any atom is -0.478 e. The molecule has 1 rings (SSSR count). The number of aromatic carboxylic acids is 2. The quantitative estimate of drug-likeness (QED) is 0.446. The first-order valence-corrected chi connectivity index (χ1v) is 3.59. The molecule has 0 aliphatic rings. The van der Waals surface area contributed by atoms with E-state index in [1.165, 1.54) is 0 Å². The van der Waals surface area contributed by atoms with Crippen LogP contribution in [0, 0.1) is 0 Å². The molecule has 6 N–H and O–H groups in total. The van der Waals surface area contributed by atoms with Gasteiger partial charge in [0.2, 0.25) is 0 Å². The van der Waals surface area contributed by atoms with Gasteiger partial charge in [0.25, 0.3) is 0 Å². The van der Waals surface area contributed by atoms with Gasteiger partial charge in [-0.1, -0.05) is 0 Å². The molecule has 1 aromatic rings. The maximum atomic E-state index is 10.6. The maximum Gasteiger partial charge on any atom is 0.337 e. The molecule has 76 valence electrons. The Bertz CT molecular complexity index is 380. The second kappa shape index (κ2) is 4.75. The van der Waals surface area contributed by atoms with E-state index in [1.54, 1.807) is 0 Å². The van der Waals surface area contributed by atoms with E-state index >= 15 is 0 Å². The summed E-state index contributed by atoms with van der Waals surface area (Å²) in [4.78, 5) is 21.1. The molecule has 15 heavy (non-hydrogen) atoms. The van der Waals surface area contributed by atoms with Crippen molar-refractivity contribution in [2.75, 3.05) is 11.5 Å². The van der Waals surface area contributed by atoms with E-state index in [9.17, 15) is 9.59 Å². The molecular formula is C8H8N2O4Zn. The van der Waals surface area contributed by atoms with Crippen LogP contribution >= 0.6 is 0 Å². The van der Waals surface area contributed by atoms with Crippen molar-refractivity contribution in [2.24, 2.45) is 0 Å². The van der Waals surface area contributed by atoms with Gasteiger partial charge in [0.1, 0.15) is 0 Å². The van der Waals surface area contributed by atoms with Crippen LogP contribution in [0.25, 0.3) is 0 Å². The minimum atomic E-state index is -1.24. The molecule has 0 saturated carbocycles. The van der Waals surface area contributed by atoms with Gasteiger partial charge in [-0.3, -0.25) is 0 Å². The second-order valence-corrected chi connectivity index (χ2v) is 2.64. The first-order chi connectivity index (χ1) is 6.43. The molecule has 0 amide bonds. The van der Waals surface area contributed by atoms with Gasteiger partial charge in [-0.05, 0) is 12.1 Å². The SMILES string of the molecule is Nc1cc(C(=O)O)c(N)cc1C(=O)O.[Zn]. The predicted octanol–water partition coefficient (Wildman–Crippen LogP) is 0.245. The van der Waals surface area contributed by atoms with Crippen molar-refractivity contribution in [3.05, 3.63) is 23.3 Å². The maximum absolute atomic E-state index is 10.6. The third kappa shape index (κ3) is 2.66. The summed E-state index contributed by atoms with van der Waals surface area (Å²) in [6.07, 6.45) is 0. The van der Waals surface area contributed by atoms with Crippen molar-refractivity contribution in [3.63, 3.8) is 0 Å². The molecule has 0 bridgehead atoms.